The molecule has 8 heteroatoms. The van der Waals surface area contributed by atoms with Crippen molar-refractivity contribution in [2.45, 2.75) is 30.8 Å². The molecule has 3 aliphatic rings. The zero-order chi connectivity index (χ0) is 21.8. The van der Waals surface area contributed by atoms with Gasteiger partial charge in [0.25, 0.3) is 0 Å². The van der Waals surface area contributed by atoms with Gasteiger partial charge in [-0.2, -0.15) is 0 Å². The molecule has 7 nitrogen and oxygen atoms in total. The topological polar surface area (TPSA) is 79.9 Å². The number of hydrogen-bond acceptors (Lipinski definition) is 5. The normalized spacial score (nSPS) is 26.5. The van der Waals surface area contributed by atoms with Crippen LogP contribution in [0.25, 0.3) is 0 Å². The van der Waals surface area contributed by atoms with Gasteiger partial charge >= 0.3 is 0 Å². The van der Waals surface area contributed by atoms with E-state index < -0.39 is 11.5 Å². The molecule has 2 aromatic carbocycles. The zero-order valence-electron chi connectivity index (χ0n) is 17.4. The van der Waals surface area contributed by atoms with Crippen LogP contribution in [0.3, 0.4) is 0 Å². The molecule has 31 heavy (non-hydrogen) atoms. The van der Waals surface area contributed by atoms with Crippen LogP contribution in [-0.2, 0) is 15.1 Å². The number of ether oxygens (including phenoxy) is 2. The van der Waals surface area contributed by atoms with Gasteiger partial charge in [0.15, 0.2) is 0 Å². The SMILES string of the molecule is COc1ccc(OC)c(NC(=O)[C@@H]2C[C@@H]3CCCN3[C@]23C(=O)Nc2c(Cl)cccc23)c1. The molecule has 2 fully saturated rings. The number of fused-ring (bicyclic) bond motifs is 4. The Morgan fingerprint density at radius 1 is 1.26 bits per heavy atom. The zero-order valence-corrected chi connectivity index (χ0v) is 18.2. The lowest BCUT2D eigenvalue weighted by atomic mass is 9.78. The standard InChI is InChI=1S/C23H24ClN3O4/c1-30-14-8-9-19(31-2)18(12-14)25-21(28)16-11-13-5-4-10-27(13)23(16)15-6-3-7-17(24)20(15)26-22(23)29/h3,6-9,12-13,16H,4-5,10-11H2,1-2H3,(H,25,28)(H,26,29)/t13-,16-,23-/m0/s1. The molecule has 162 valence electrons. The van der Waals surface area contributed by atoms with Crippen molar-refractivity contribution in [2.75, 3.05) is 31.4 Å². The number of rotatable bonds is 4. The Morgan fingerprint density at radius 3 is 2.87 bits per heavy atom. The summed E-state index contributed by atoms with van der Waals surface area (Å²) < 4.78 is 10.7. The third-order valence-electron chi connectivity index (χ3n) is 6.83. The largest absolute Gasteiger partial charge is 0.497 e. The molecule has 0 radical (unpaired) electrons. The van der Waals surface area contributed by atoms with Crippen molar-refractivity contribution in [1.29, 1.82) is 0 Å². The van der Waals surface area contributed by atoms with Gasteiger partial charge < -0.3 is 20.1 Å². The van der Waals surface area contributed by atoms with E-state index in [-0.39, 0.29) is 17.9 Å². The first kappa shape index (κ1) is 20.2. The minimum atomic E-state index is -1.06. The van der Waals surface area contributed by atoms with Crippen LogP contribution in [0.4, 0.5) is 11.4 Å². The van der Waals surface area contributed by atoms with Crippen LogP contribution in [-0.4, -0.2) is 43.5 Å². The number of carbonyl (C=O) groups is 2. The lowest BCUT2D eigenvalue weighted by molar-refractivity contribution is -0.135. The summed E-state index contributed by atoms with van der Waals surface area (Å²) in [5, 5.41) is 6.45. The molecule has 2 saturated heterocycles. The molecule has 0 bridgehead atoms. The number of nitrogens with zero attached hydrogens (tertiary/aromatic N) is 1. The monoisotopic (exact) mass is 441 g/mol. The third kappa shape index (κ3) is 2.83. The van der Waals surface area contributed by atoms with Crippen LogP contribution in [0.1, 0.15) is 24.8 Å². The van der Waals surface area contributed by atoms with Gasteiger partial charge in [-0.15, -0.1) is 0 Å². The molecule has 3 heterocycles. The van der Waals surface area contributed by atoms with E-state index in [0.29, 0.717) is 34.3 Å². The number of benzene rings is 2. The highest BCUT2D eigenvalue weighted by molar-refractivity contribution is 6.35. The lowest BCUT2D eigenvalue weighted by Crippen LogP contribution is -2.53. The van der Waals surface area contributed by atoms with Crippen LogP contribution in [0.2, 0.25) is 5.02 Å². The van der Waals surface area contributed by atoms with Crippen molar-refractivity contribution in [3.63, 3.8) is 0 Å². The molecular formula is C23H24ClN3O4. The summed E-state index contributed by atoms with van der Waals surface area (Å²) in [6, 6.07) is 10.9. The fraction of sp³-hybridized carbons (Fsp3) is 0.391. The van der Waals surface area contributed by atoms with Gasteiger partial charge in [-0.3, -0.25) is 14.5 Å². The summed E-state index contributed by atoms with van der Waals surface area (Å²) in [6.07, 6.45) is 2.59. The lowest BCUT2D eigenvalue weighted by Gasteiger charge is -2.36. The van der Waals surface area contributed by atoms with E-state index in [9.17, 15) is 9.59 Å². The second-order valence-electron chi connectivity index (χ2n) is 8.22. The van der Waals surface area contributed by atoms with Crippen molar-refractivity contribution in [1.82, 2.24) is 4.90 Å². The Balaban J connectivity index is 1.58. The first-order valence-corrected chi connectivity index (χ1v) is 10.8. The summed E-state index contributed by atoms with van der Waals surface area (Å²) >= 11 is 6.41. The van der Waals surface area contributed by atoms with E-state index in [4.69, 9.17) is 21.1 Å². The molecule has 2 amide bonds. The molecule has 5 rings (SSSR count). The van der Waals surface area contributed by atoms with E-state index in [2.05, 4.69) is 15.5 Å². The fourth-order valence-electron chi connectivity index (χ4n) is 5.55. The van der Waals surface area contributed by atoms with E-state index in [0.717, 1.165) is 24.9 Å². The maximum Gasteiger partial charge on any atom is 0.250 e. The molecule has 0 aromatic heterocycles. The Bertz CT molecular complexity index is 1070. The van der Waals surface area contributed by atoms with E-state index in [1.54, 1.807) is 38.5 Å². The Morgan fingerprint density at radius 2 is 2.10 bits per heavy atom. The number of halogens is 1. The van der Waals surface area contributed by atoms with Gasteiger partial charge in [0.2, 0.25) is 11.8 Å². The maximum absolute atomic E-state index is 13.7. The van der Waals surface area contributed by atoms with E-state index in [1.165, 1.54) is 0 Å². The van der Waals surface area contributed by atoms with Crippen molar-refractivity contribution < 1.29 is 19.1 Å². The number of amides is 2. The van der Waals surface area contributed by atoms with Crippen LogP contribution < -0.4 is 20.1 Å². The molecule has 0 aliphatic carbocycles. The van der Waals surface area contributed by atoms with Gasteiger partial charge in [0, 0.05) is 17.7 Å². The van der Waals surface area contributed by atoms with E-state index >= 15 is 0 Å². The smallest absolute Gasteiger partial charge is 0.250 e. The van der Waals surface area contributed by atoms with Gasteiger partial charge in [0.1, 0.15) is 17.0 Å². The average molecular weight is 442 g/mol. The van der Waals surface area contributed by atoms with Gasteiger partial charge in [-0.1, -0.05) is 23.7 Å². The van der Waals surface area contributed by atoms with Crippen molar-refractivity contribution >= 4 is 34.8 Å². The fourth-order valence-corrected chi connectivity index (χ4v) is 5.77. The van der Waals surface area contributed by atoms with Crippen LogP contribution in [0.15, 0.2) is 36.4 Å². The Labute approximate surface area is 185 Å². The van der Waals surface area contributed by atoms with E-state index in [1.807, 2.05) is 12.1 Å². The maximum atomic E-state index is 13.7. The minimum absolute atomic E-state index is 0.179. The van der Waals surface area contributed by atoms with Crippen LogP contribution in [0.5, 0.6) is 11.5 Å². The molecule has 2 aromatic rings. The Hall–Kier alpha value is -2.77. The predicted octanol–water partition coefficient (Wildman–Crippen LogP) is 3.63. The highest BCUT2D eigenvalue weighted by Crippen LogP contribution is 2.56. The molecule has 3 aliphatic heterocycles. The number of methoxy groups -OCH3 is 2. The van der Waals surface area contributed by atoms with Crippen molar-refractivity contribution in [2.24, 2.45) is 5.92 Å². The number of hydrogen-bond donors (Lipinski definition) is 2. The number of anilines is 2. The second kappa shape index (κ2) is 7.43. The predicted molar refractivity (Wildman–Crippen MR) is 118 cm³/mol. The van der Waals surface area contributed by atoms with Gasteiger partial charge in [-0.25, -0.2) is 0 Å². The molecule has 0 unspecified atom stereocenters. The summed E-state index contributed by atoms with van der Waals surface area (Å²) in [7, 11) is 3.12. The second-order valence-corrected chi connectivity index (χ2v) is 8.62. The highest BCUT2D eigenvalue weighted by atomic mass is 35.5. The summed E-state index contributed by atoms with van der Waals surface area (Å²) in [5.41, 5.74) is 0.849. The first-order chi connectivity index (χ1) is 15.0. The van der Waals surface area contributed by atoms with Crippen molar-refractivity contribution in [3.05, 3.63) is 47.0 Å². The van der Waals surface area contributed by atoms with Crippen LogP contribution >= 0.6 is 11.6 Å². The van der Waals surface area contributed by atoms with Crippen LogP contribution in [0, 0.1) is 5.92 Å². The van der Waals surface area contributed by atoms with Gasteiger partial charge in [-0.05, 0) is 44.0 Å². The molecule has 3 atom stereocenters. The summed E-state index contributed by atoms with van der Waals surface area (Å²) in [6.45, 7) is 0.774. The quantitative estimate of drug-likeness (QED) is 0.757. The van der Waals surface area contributed by atoms with Crippen molar-refractivity contribution in [3.8, 4) is 11.5 Å². The highest BCUT2D eigenvalue weighted by Gasteiger charge is 2.65. The average Bonchev–Trinajstić information content (AvgIpc) is 3.43. The third-order valence-corrected chi connectivity index (χ3v) is 7.15. The summed E-state index contributed by atoms with van der Waals surface area (Å²) in [5.74, 6) is 0.171. The molecule has 2 N–H and O–H groups in total. The first-order valence-electron chi connectivity index (χ1n) is 10.4. The molecule has 0 saturated carbocycles. The molecule has 1 spiro atoms. The Kier molecular flexibility index (Phi) is 4.83. The summed E-state index contributed by atoms with van der Waals surface area (Å²) in [4.78, 5) is 29.4. The minimum Gasteiger partial charge on any atom is -0.497 e. The number of nitrogens with one attached hydrogen (secondary N) is 2. The van der Waals surface area contributed by atoms with Gasteiger partial charge in [0.05, 0.1) is 36.5 Å². The number of para-hydroxylation sites is 1. The molecular weight excluding hydrogens is 418 g/mol. The number of carbonyl (C=O) groups excluding carboxylic acids is 2.